The van der Waals surface area contributed by atoms with Gasteiger partial charge in [-0.3, -0.25) is 9.58 Å². The molecule has 0 radical (unpaired) electrons. The quantitative estimate of drug-likeness (QED) is 0.815. The number of aryl methyl sites for hydroxylation is 2. The van der Waals surface area contributed by atoms with Crippen molar-refractivity contribution in [3.05, 3.63) is 11.4 Å². The van der Waals surface area contributed by atoms with Gasteiger partial charge in [-0.2, -0.15) is 9.40 Å². The number of aromatic nitrogens is 2. The van der Waals surface area contributed by atoms with E-state index in [0.29, 0.717) is 24.5 Å². The molecule has 1 aliphatic heterocycles. The van der Waals surface area contributed by atoms with Gasteiger partial charge in [0.15, 0.2) is 0 Å². The molecular weight excluding hydrogens is 302 g/mol. The Hall–Kier alpha value is -1.06. The highest BCUT2D eigenvalue weighted by atomic mass is 32.2. The van der Waals surface area contributed by atoms with Crippen molar-refractivity contribution in [1.29, 1.82) is 0 Å². The van der Waals surface area contributed by atoms with Gasteiger partial charge >= 0.3 is 0 Å². The second kappa shape index (κ2) is 5.98. The molecule has 0 bridgehead atoms. The third-order valence-corrected chi connectivity index (χ3v) is 5.92. The number of nitrogens with zero attached hydrogens (tertiary/aromatic N) is 4. The average molecular weight is 322 g/mol. The van der Waals surface area contributed by atoms with Crippen molar-refractivity contribution in [2.75, 3.05) is 32.7 Å². The van der Waals surface area contributed by atoms with E-state index < -0.39 is 16.4 Å². The average Bonchev–Trinajstić information content (AvgIpc) is 2.63. The van der Waals surface area contributed by atoms with E-state index in [1.807, 2.05) is 0 Å². The van der Waals surface area contributed by atoms with Gasteiger partial charge in [0.25, 0.3) is 6.43 Å². The first-order valence-corrected chi connectivity index (χ1v) is 8.18. The van der Waals surface area contributed by atoms with E-state index in [9.17, 15) is 17.2 Å². The van der Waals surface area contributed by atoms with E-state index in [1.165, 1.54) is 8.99 Å². The minimum Gasteiger partial charge on any atom is -0.295 e. The fraction of sp³-hybridized carbons (Fsp3) is 0.750. The molecule has 2 heterocycles. The largest absolute Gasteiger partial charge is 0.295 e. The second-order valence-electron chi connectivity index (χ2n) is 5.22. The molecule has 1 aromatic heterocycles. The standard InChI is InChI=1S/C12H20F2N4O2S/c1-9-12(10(2)16(3)15-9)21(19,20)18-6-4-17(5-7-18)8-11(13)14/h11H,4-8H2,1-3H3. The lowest BCUT2D eigenvalue weighted by Crippen LogP contribution is -2.49. The molecule has 0 atom stereocenters. The number of halogens is 2. The van der Waals surface area contributed by atoms with E-state index in [0.717, 1.165) is 0 Å². The molecule has 0 unspecified atom stereocenters. The van der Waals surface area contributed by atoms with Gasteiger partial charge in [0.1, 0.15) is 4.90 Å². The molecule has 1 saturated heterocycles. The summed E-state index contributed by atoms with van der Waals surface area (Å²) in [5.41, 5.74) is 1.05. The summed E-state index contributed by atoms with van der Waals surface area (Å²) in [7, 11) is -1.92. The Morgan fingerprint density at radius 2 is 1.76 bits per heavy atom. The van der Waals surface area contributed by atoms with Gasteiger partial charge in [-0.1, -0.05) is 0 Å². The molecule has 2 rings (SSSR count). The zero-order valence-electron chi connectivity index (χ0n) is 12.4. The molecule has 120 valence electrons. The van der Waals surface area contributed by atoms with Crippen LogP contribution < -0.4 is 0 Å². The fourth-order valence-electron chi connectivity index (χ4n) is 2.60. The van der Waals surface area contributed by atoms with Crippen LogP contribution >= 0.6 is 0 Å². The van der Waals surface area contributed by atoms with Gasteiger partial charge in [0.05, 0.1) is 17.9 Å². The van der Waals surface area contributed by atoms with Crippen LogP contribution in [0.1, 0.15) is 11.4 Å². The third-order valence-electron chi connectivity index (χ3n) is 3.77. The maximum atomic E-state index is 12.7. The van der Waals surface area contributed by atoms with Crippen LogP contribution in [-0.2, 0) is 17.1 Å². The molecule has 21 heavy (non-hydrogen) atoms. The lowest BCUT2D eigenvalue weighted by molar-refractivity contribution is 0.0716. The van der Waals surface area contributed by atoms with Gasteiger partial charge in [-0.25, -0.2) is 17.2 Å². The summed E-state index contributed by atoms with van der Waals surface area (Å²) in [6.45, 7) is 4.15. The van der Waals surface area contributed by atoms with Gasteiger partial charge in [-0.05, 0) is 13.8 Å². The number of rotatable bonds is 4. The molecule has 1 aliphatic rings. The van der Waals surface area contributed by atoms with E-state index in [1.54, 1.807) is 25.8 Å². The van der Waals surface area contributed by atoms with E-state index in [-0.39, 0.29) is 24.5 Å². The highest BCUT2D eigenvalue weighted by Gasteiger charge is 2.33. The highest BCUT2D eigenvalue weighted by molar-refractivity contribution is 7.89. The zero-order chi connectivity index (χ0) is 15.8. The van der Waals surface area contributed by atoms with Crippen LogP contribution in [0.2, 0.25) is 0 Å². The van der Waals surface area contributed by atoms with Crippen LogP contribution in [0, 0.1) is 13.8 Å². The molecule has 9 heteroatoms. The monoisotopic (exact) mass is 322 g/mol. The van der Waals surface area contributed by atoms with Gasteiger partial charge in [0, 0.05) is 33.2 Å². The fourth-order valence-corrected chi connectivity index (χ4v) is 4.43. The summed E-state index contributed by atoms with van der Waals surface area (Å²) < 4.78 is 52.9. The summed E-state index contributed by atoms with van der Waals surface area (Å²) in [5.74, 6) is 0. The maximum Gasteiger partial charge on any atom is 0.251 e. The van der Waals surface area contributed by atoms with Crippen LogP contribution in [0.5, 0.6) is 0 Å². The van der Waals surface area contributed by atoms with Crippen molar-refractivity contribution in [2.24, 2.45) is 7.05 Å². The van der Waals surface area contributed by atoms with Gasteiger partial charge in [-0.15, -0.1) is 0 Å². The summed E-state index contributed by atoms with van der Waals surface area (Å²) >= 11 is 0. The molecule has 0 aromatic carbocycles. The number of hydrogen-bond donors (Lipinski definition) is 0. The molecule has 0 spiro atoms. The van der Waals surface area contributed by atoms with Crippen LogP contribution in [0.15, 0.2) is 4.90 Å². The minimum atomic E-state index is -3.62. The van der Waals surface area contributed by atoms with Crippen molar-refractivity contribution in [1.82, 2.24) is 19.0 Å². The van der Waals surface area contributed by atoms with Gasteiger partial charge in [0.2, 0.25) is 10.0 Å². The Bertz CT molecular complexity index is 607. The predicted molar refractivity (Wildman–Crippen MR) is 73.9 cm³/mol. The van der Waals surface area contributed by atoms with Crippen LogP contribution in [0.4, 0.5) is 8.78 Å². The summed E-state index contributed by atoms with van der Waals surface area (Å²) in [5, 5.41) is 4.13. The van der Waals surface area contributed by atoms with Crippen molar-refractivity contribution in [3.8, 4) is 0 Å². The maximum absolute atomic E-state index is 12.7. The molecule has 1 aromatic rings. The molecule has 6 nitrogen and oxygen atoms in total. The molecule has 0 amide bonds. The lowest BCUT2D eigenvalue weighted by Gasteiger charge is -2.33. The van der Waals surface area contributed by atoms with Crippen LogP contribution in [0.3, 0.4) is 0 Å². The number of sulfonamides is 1. The minimum absolute atomic E-state index is 0.225. The number of alkyl halides is 2. The van der Waals surface area contributed by atoms with Crippen molar-refractivity contribution >= 4 is 10.0 Å². The topological polar surface area (TPSA) is 58.4 Å². The first kappa shape index (κ1) is 16.3. The molecule has 0 N–H and O–H groups in total. The third kappa shape index (κ3) is 3.24. The van der Waals surface area contributed by atoms with E-state index in [2.05, 4.69) is 5.10 Å². The molecule has 0 saturated carbocycles. The summed E-state index contributed by atoms with van der Waals surface area (Å²) in [6.07, 6.45) is -2.39. The van der Waals surface area contributed by atoms with Crippen molar-refractivity contribution < 1.29 is 17.2 Å². The van der Waals surface area contributed by atoms with E-state index in [4.69, 9.17) is 0 Å². The van der Waals surface area contributed by atoms with Crippen molar-refractivity contribution in [2.45, 2.75) is 25.2 Å². The van der Waals surface area contributed by atoms with Crippen molar-refractivity contribution in [3.63, 3.8) is 0 Å². The van der Waals surface area contributed by atoms with Gasteiger partial charge < -0.3 is 0 Å². The molecular formula is C12H20F2N4O2S. The summed E-state index contributed by atoms with van der Waals surface area (Å²) in [6, 6.07) is 0. The smallest absolute Gasteiger partial charge is 0.251 e. The predicted octanol–water partition coefficient (Wildman–Crippen LogP) is 0.608. The van der Waals surface area contributed by atoms with Crippen LogP contribution in [0.25, 0.3) is 0 Å². The Balaban J connectivity index is 2.15. The SMILES string of the molecule is Cc1nn(C)c(C)c1S(=O)(=O)N1CCN(CC(F)F)CC1. The number of piperazine rings is 1. The zero-order valence-corrected chi connectivity index (χ0v) is 13.2. The first-order chi connectivity index (χ1) is 9.73. The highest BCUT2D eigenvalue weighted by Crippen LogP contribution is 2.24. The van der Waals surface area contributed by atoms with E-state index >= 15 is 0 Å². The Kier molecular flexibility index (Phi) is 4.64. The normalized spacial score (nSPS) is 18.6. The number of hydrogen-bond acceptors (Lipinski definition) is 4. The lowest BCUT2D eigenvalue weighted by atomic mass is 10.3. The van der Waals surface area contributed by atoms with Crippen LogP contribution in [-0.4, -0.2) is 66.6 Å². The Morgan fingerprint density at radius 1 is 1.19 bits per heavy atom. The Morgan fingerprint density at radius 3 is 2.19 bits per heavy atom. The Labute approximate surface area is 123 Å². The summed E-state index contributed by atoms with van der Waals surface area (Å²) in [4.78, 5) is 1.81. The second-order valence-corrected chi connectivity index (χ2v) is 7.09. The first-order valence-electron chi connectivity index (χ1n) is 6.74. The molecule has 1 fully saturated rings. The molecule has 0 aliphatic carbocycles.